The molecule has 0 heterocycles. The predicted octanol–water partition coefficient (Wildman–Crippen LogP) is 3.64. The number of benzene rings is 1. The zero-order chi connectivity index (χ0) is 13.3. The second kappa shape index (κ2) is 5.31. The average Bonchev–Trinajstić information content (AvgIpc) is 2.35. The van der Waals surface area contributed by atoms with Crippen LogP contribution >= 0.6 is 0 Å². The molecule has 0 aromatic heterocycles. The Morgan fingerprint density at radius 2 is 1.67 bits per heavy atom. The average molecular weight is 248 g/mol. The van der Waals surface area contributed by atoms with E-state index in [4.69, 9.17) is 4.74 Å². The molecule has 0 aliphatic heterocycles. The van der Waals surface area contributed by atoms with Crippen LogP contribution in [0, 0.1) is 20.8 Å². The van der Waals surface area contributed by atoms with E-state index in [2.05, 4.69) is 26.8 Å². The highest BCUT2D eigenvalue weighted by atomic mass is 16.5. The van der Waals surface area contributed by atoms with Crippen molar-refractivity contribution in [3.8, 4) is 5.75 Å². The lowest BCUT2D eigenvalue weighted by molar-refractivity contribution is 0.122. The van der Waals surface area contributed by atoms with Crippen molar-refractivity contribution in [3.05, 3.63) is 28.3 Å². The fourth-order valence-corrected chi connectivity index (χ4v) is 3.21. The monoisotopic (exact) mass is 248 g/mol. The Bertz CT molecular complexity index is 429. The van der Waals surface area contributed by atoms with E-state index in [0.29, 0.717) is 5.92 Å². The number of aliphatic hydroxyl groups is 1. The normalized spacial score (nSPS) is 24.1. The molecule has 2 heteroatoms. The van der Waals surface area contributed by atoms with Crippen LogP contribution in [0.1, 0.15) is 53.9 Å². The Morgan fingerprint density at radius 1 is 1.06 bits per heavy atom. The molecule has 1 aromatic rings. The molecular formula is C16H24O2. The summed E-state index contributed by atoms with van der Waals surface area (Å²) in [7, 11) is 1.77. The third kappa shape index (κ3) is 2.39. The van der Waals surface area contributed by atoms with Gasteiger partial charge in [-0.1, -0.05) is 6.07 Å². The minimum Gasteiger partial charge on any atom is -0.496 e. The van der Waals surface area contributed by atoms with E-state index in [1.54, 1.807) is 7.11 Å². The molecule has 18 heavy (non-hydrogen) atoms. The van der Waals surface area contributed by atoms with Crippen molar-refractivity contribution in [3.63, 3.8) is 0 Å². The number of hydrogen-bond acceptors (Lipinski definition) is 2. The molecule has 1 aromatic carbocycles. The molecule has 0 radical (unpaired) electrons. The van der Waals surface area contributed by atoms with E-state index in [1.165, 1.54) is 22.3 Å². The summed E-state index contributed by atoms with van der Waals surface area (Å²) >= 11 is 0. The molecular weight excluding hydrogens is 224 g/mol. The molecule has 1 saturated carbocycles. The molecule has 0 amide bonds. The lowest BCUT2D eigenvalue weighted by Crippen LogP contribution is -2.18. The molecule has 0 bridgehead atoms. The number of ether oxygens (including phenoxy) is 1. The van der Waals surface area contributed by atoms with Gasteiger partial charge in [0.05, 0.1) is 13.2 Å². The first-order valence-corrected chi connectivity index (χ1v) is 6.87. The summed E-state index contributed by atoms with van der Waals surface area (Å²) in [4.78, 5) is 0. The van der Waals surface area contributed by atoms with Gasteiger partial charge in [0.1, 0.15) is 5.75 Å². The van der Waals surface area contributed by atoms with Crippen LogP contribution in [0.15, 0.2) is 6.07 Å². The van der Waals surface area contributed by atoms with Crippen molar-refractivity contribution < 1.29 is 9.84 Å². The number of aliphatic hydroxyl groups excluding tert-OH is 1. The fourth-order valence-electron chi connectivity index (χ4n) is 3.21. The number of methoxy groups -OCH3 is 1. The van der Waals surface area contributed by atoms with E-state index in [9.17, 15) is 5.11 Å². The SMILES string of the molecule is COc1c(C)c(C)cc(C)c1C1CCC(O)CC1. The van der Waals surface area contributed by atoms with Crippen LogP contribution in [0.3, 0.4) is 0 Å². The van der Waals surface area contributed by atoms with E-state index in [-0.39, 0.29) is 6.10 Å². The summed E-state index contributed by atoms with van der Waals surface area (Å²) in [5.41, 5.74) is 5.25. The lowest BCUT2D eigenvalue weighted by Gasteiger charge is -2.29. The summed E-state index contributed by atoms with van der Waals surface area (Å²) in [5.74, 6) is 1.61. The van der Waals surface area contributed by atoms with Gasteiger partial charge in [0.15, 0.2) is 0 Å². The summed E-state index contributed by atoms with van der Waals surface area (Å²) < 4.78 is 5.66. The first kappa shape index (κ1) is 13.4. The van der Waals surface area contributed by atoms with Crippen molar-refractivity contribution >= 4 is 0 Å². The van der Waals surface area contributed by atoms with Crippen LogP contribution in [0.5, 0.6) is 5.75 Å². The Hall–Kier alpha value is -1.02. The van der Waals surface area contributed by atoms with Crippen molar-refractivity contribution in [2.45, 2.75) is 58.5 Å². The predicted molar refractivity (Wildman–Crippen MR) is 74.4 cm³/mol. The highest BCUT2D eigenvalue weighted by Crippen LogP contribution is 2.41. The number of rotatable bonds is 2. The van der Waals surface area contributed by atoms with Crippen LogP contribution in [-0.2, 0) is 0 Å². The minimum atomic E-state index is -0.0981. The van der Waals surface area contributed by atoms with Gasteiger partial charge in [-0.3, -0.25) is 0 Å². The topological polar surface area (TPSA) is 29.5 Å². The van der Waals surface area contributed by atoms with Gasteiger partial charge in [-0.2, -0.15) is 0 Å². The van der Waals surface area contributed by atoms with E-state index >= 15 is 0 Å². The molecule has 0 spiro atoms. The maximum Gasteiger partial charge on any atom is 0.125 e. The van der Waals surface area contributed by atoms with Crippen molar-refractivity contribution in [1.82, 2.24) is 0 Å². The second-order valence-corrected chi connectivity index (χ2v) is 5.59. The molecule has 1 N–H and O–H groups in total. The minimum absolute atomic E-state index is 0.0981. The fraction of sp³-hybridized carbons (Fsp3) is 0.625. The first-order valence-electron chi connectivity index (χ1n) is 6.87. The van der Waals surface area contributed by atoms with Gasteiger partial charge < -0.3 is 9.84 Å². The zero-order valence-corrected chi connectivity index (χ0v) is 11.9. The Morgan fingerprint density at radius 3 is 2.22 bits per heavy atom. The van der Waals surface area contributed by atoms with Crippen LogP contribution < -0.4 is 4.74 Å². The largest absolute Gasteiger partial charge is 0.496 e. The second-order valence-electron chi connectivity index (χ2n) is 5.59. The summed E-state index contributed by atoms with van der Waals surface area (Å²) in [5, 5.41) is 9.64. The highest BCUT2D eigenvalue weighted by Gasteiger charge is 2.25. The van der Waals surface area contributed by atoms with Crippen LogP contribution in [0.2, 0.25) is 0 Å². The molecule has 2 rings (SSSR count). The van der Waals surface area contributed by atoms with Gasteiger partial charge in [0, 0.05) is 5.56 Å². The number of hydrogen-bond donors (Lipinski definition) is 1. The van der Waals surface area contributed by atoms with Crippen molar-refractivity contribution in [2.75, 3.05) is 7.11 Å². The first-order chi connectivity index (χ1) is 8.54. The highest BCUT2D eigenvalue weighted by molar-refractivity contribution is 5.51. The molecule has 0 atom stereocenters. The zero-order valence-electron chi connectivity index (χ0n) is 11.9. The van der Waals surface area contributed by atoms with Gasteiger partial charge in [-0.05, 0) is 69.1 Å². The van der Waals surface area contributed by atoms with E-state index in [0.717, 1.165) is 31.4 Å². The molecule has 2 nitrogen and oxygen atoms in total. The third-order valence-corrected chi connectivity index (χ3v) is 4.34. The molecule has 1 aliphatic carbocycles. The van der Waals surface area contributed by atoms with Crippen molar-refractivity contribution in [2.24, 2.45) is 0 Å². The van der Waals surface area contributed by atoms with Crippen molar-refractivity contribution in [1.29, 1.82) is 0 Å². The van der Waals surface area contributed by atoms with Gasteiger partial charge in [0.2, 0.25) is 0 Å². The van der Waals surface area contributed by atoms with Gasteiger partial charge in [-0.25, -0.2) is 0 Å². The molecule has 0 saturated heterocycles. The standard InChI is InChI=1S/C16H24O2/c1-10-9-11(2)15(16(18-4)12(10)3)13-5-7-14(17)8-6-13/h9,13-14,17H,5-8H2,1-4H3. The molecule has 100 valence electrons. The van der Waals surface area contributed by atoms with E-state index in [1.807, 2.05) is 0 Å². The lowest BCUT2D eigenvalue weighted by atomic mass is 9.79. The van der Waals surface area contributed by atoms with Crippen LogP contribution in [0.4, 0.5) is 0 Å². The molecule has 1 fully saturated rings. The van der Waals surface area contributed by atoms with Gasteiger partial charge in [-0.15, -0.1) is 0 Å². The molecule has 1 aliphatic rings. The number of aryl methyl sites for hydroxylation is 2. The summed E-state index contributed by atoms with van der Waals surface area (Å²) in [6, 6.07) is 2.26. The summed E-state index contributed by atoms with van der Waals surface area (Å²) in [6.45, 7) is 6.45. The molecule has 0 unspecified atom stereocenters. The van der Waals surface area contributed by atoms with E-state index < -0.39 is 0 Å². The van der Waals surface area contributed by atoms with Gasteiger partial charge in [0.25, 0.3) is 0 Å². The maximum absolute atomic E-state index is 9.64. The van der Waals surface area contributed by atoms with Crippen LogP contribution in [-0.4, -0.2) is 18.3 Å². The Balaban J connectivity index is 2.40. The maximum atomic E-state index is 9.64. The Kier molecular flexibility index (Phi) is 3.96. The smallest absolute Gasteiger partial charge is 0.125 e. The quantitative estimate of drug-likeness (QED) is 0.866. The van der Waals surface area contributed by atoms with Crippen LogP contribution in [0.25, 0.3) is 0 Å². The summed E-state index contributed by atoms with van der Waals surface area (Å²) in [6.07, 6.45) is 3.88. The Labute approximate surface area is 110 Å². The van der Waals surface area contributed by atoms with Gasteiger partial charge >= 0.3 is 0 Å². The third-order valence-electron chi connectivity index (χ3n) is 4.34.